The second-order valence-corrected chi connectivity index (χ2v) is 8.99. The van der Waals surface area contributed by atoms with Crippen LogP contribution in [-0.2, 0) is 17.2 Å². The average Bonchev–Trinajstić information content (AvgIpc) is 3.10. The predicted octanol–water partition coefficient (Wildman–Crippen LogP) is 3.46. The highest BCUT2D eigenvalue weighted by atomic mass is 32.2. The van der Waals surface area contributed by atoms with E-state index in [1.807, 2.05) is 0 Å². The molecule has 0 radical (unpaired) electrons. The van der Waals surface area contributed by atoms with Crippen LogP contribution in [0.1, 0.15) is 18.4 Å². The van der Waals surface area contributed by atoms with Crippen LogP contribution in [0.4, 0.5) is 8.78 Å². The van der Waals surface area contributed by atoms with E-state index in [9.17, 15) is 17.8 Å². The molecule has 0 amide bonds. The molecule has 0 saturated carbocycles. The number of benzene rings is 2. The van der Waals surface area contributed by atoms with E-state index in [1.54, 1.807) is 30.3 Å². The minimum atomic E-state index is -1.19. The number of oxazole rings is 1. The number of hydrogen-bond donors (Lipinski definition) is 1. The summed E-state index contributed by atoms with van der Waals surface area (Å²) in [4.78, 5) is 16.7. The Morgan fingerprint density at radius 2 is 1.97 bits per heavy atom. The van der Waals surface area contributed by atoms with E-state index >= 15 is 0 Å². The highest BCUT2D eigenvalue weighted by Crippen LogP contribution is 2.24. The minimum Gasteiger partial charge on any atom is -0.408 e. The third-order valence-electron chi connectivity index (χ3n) is 5.50. The molecular formula is C21H22F2N2O3S. The number of nitrogens with one attached hydrogen (secondary N) is 1. The molecule has 1 saturated heterocycles. The molecule has 29 heavy (non-hydrogen) atoms. The van der Waals surface area contributed by atoms with Crippen molar-refractivity contribution in [1.82, 2.24) is 9.88 Å². The highest BCUT2D eigenvalue weighted by molar-refractivity contribution is 7.85. The minimum absolute atomic E-state index is 0.326. The summed E-state index contributed by atoms with van der Waals surface area (Å²) in [7, 11) is -1.19. The molecule has 2 aromatic carbocycles. The summed E-state index contributed by atoms with van der Waals surface area (Å²) in [6.45, 7) is 2.40. The molecule has 3 aromatic rings. The van der Waals surface area contributed by atoms with E-state index in [1.165, 1.54) is 0 Å². The number of halogens is 2. The second kappa shape index (κ2) is 8.59. The van der Waals surface area contributed by atoms with Gasteiger partial charge in [0.2, 0.25) is 0 Å². The summed E-state index contributed by atoms with van der Waals surface area (Å²) in [5.41, 5.74) is 1.44. The third kappa shape index (κ3) is 4.64. The summed E-state index contributed by atoms with van der Waals surface area (Å²) in [5.74, 6) is -1.24. The van der Waals surface area contributed by atoms with Gasteiger partial charge in [-0.3, -0.25) is 9.19 Å². The maximum atomic E-state index is 13.9. The molecule has 0 aliphatic carbocycles. The van der Waals surface area contributed by atoms with Gasteiger partial charge in [-0.05, 0) is 68.1 Å². The van der Waals surface area contributed by atoms with Crippen LogP contribution in [0, 0.1) is 17.6 Å². The number of piperidine rings is 1. The van der Waals surface area contributed by atoms with Crippen LogP contribution >= 0.6 is 0 Å². The number of H-pyrrole nitrogens is 1. The Hall–Kier alpha value is -2.32. The maximum absolute atomic E-state index is 13.9. The van der Waals surface area contributed by atoms with Crippen LogP contribution in [0.2, 0.25) is 0 Å². The predicted molar refractivity (Wildman–Crippen MR) is 107 cm³/mol. The lowest BCUT2D eigenvalue weighted by atomic mass is 9.90. The third-order valence-corrected chi connectivity index (χ3v) is 6.83. The van der Waals surface area contributed by atoms with Crippen molar-refractivity contribution in [2.24, 2.45) is 5.92 Å². The SMILES string of the molecule is O=c1[nH]c2ccc(S(=O)CCN3CCC(Cc4cccc(F)c4F)CC3)cc2o1. The maximum Gasteiger partial charge on any atom is 0.417 e. The van der Waals surface area contributed by atoms with E-state index < -0.39 is 28.2 Å². The zero-order valence-corrected chi connectivity index (χ0v) is 16.6. The first-order chi connectivity index (χ1) is 14.0. The molecule has 1 aromatic heterocycles. The van der Waals surface area contributed by atoms with Crippen LogP contribution < -0.4 is 5.76 Å². The van der Waals surface area contributed by atoms with E-state index in [0.717, 1.165) is 32.0 Å². The summed E-state index contributed by atoms with van der Waals surface area (Å²) >= 11 is 0. The lowest BCUT2D eigenvalue weighted by molar-refractivity contribution is 0.192. The number of aromatic amines is 1. The molecule has 154 valence electrons. The number of rotatable bonds is 6. The molecular weight excluding hydrogens is 398 g/mol. The van der Waals surface area contributed by atoms with E-state index in [-0.39, 0.29) is 0 Å². The first-order valence-electron chi connectivity index (χ1n) is 9.66. The van der Waals surface area contributed by atoms with Crippen LogP contribution in [0.3, 0.4) is 0 Å². The Morgan fingerprint density at radius 1 is 1.17 bits per heavy atom. The van der Waals surface area contributed by atoms with Crippen LogP contribution in [0.5, 0.6) is 0 Å². The number of nitrogens with zero attached hydrogens (tertiary/aromatic N) is 1. The summed E-state index contributed by atoms with van der Waals surface area (Å²) in [6.07, 6.45) is 2.36. The van der Waals surface area contributed by atoms with Crippen molar-refractivity contribution < 1.29 is 17.4 Å². The molecule has 5 nitrogen and oxygen atoms in total. The van der Waals surface area contributed by atoms with Crippen molar-refractivity contribution in [2.75, 3.05) is 25.4 Å². The van der Waals surface area contributed by atoms with Crippen molar-refractivity contribution in [3.8, 4) is 0 Å². The van der Waals surface area contributed by atoms with E-state index in [2.05, 4.69) is 9.88 Å². The molecule has 1 fully saturated rings. The smallest absolute Gasteiger partial charge is 0.408 e. The van der Waals surface area contributed by atoms with Crippen molar-refractivity contribution in [1.29, 1.82) is 0 Å². The molecule has 1 aliphatic heterocycles. The lowest BCUT2D eigenvalue weighted by Crippen LogP contribution is -2.36. The van der Waals surface area contributed by atoms with Gasteiger partial charge in [-0.15, -0.1) is 0 Å². The standard InChI is InChI=1S/C21H22F2N2O3S/c22-17-3-1-2-15(20(17)23)12-14-6-8-25(9-7-14)10-11-29(27)16-4-5-18-19(13-16)28-21(26)24-18/h1-5,13-14H,6-12H2,(H,24,26). The summed E-state index contributed by atoms with van der Waals surface area (Å²) in [6, 6.07) is 9.42. The monoisotopic (exact) mass is 420 g/mol. The molecule has 0 bridgehead atoms. The zero-order chi connectivity index (χ0) is 20.4. The lowest BCUT2D eigenvalue weighted by Gasteiger charge is -2.32. The molecule has 1 aliphatic rings. The fourth-order valence-corrected chi connectivity index (χ4v) is 4.95. The van der Waals surface area contributed by atoms with Gasteiger partial charge in [0.1, 0.15) is 0 Å². The fourth-order valence-electron chi connectivity index (χ4n) is 3.83. The second-order valence-electron chi connectivity index (χ2n) is 7.42. The van der Waals surface area contributed by atoms with Gasteiger partial charge in [0, 0.05) is 17.2 Å². The number of aromatic nitrogens is 1. The molecule has 1 atom stereocenters. The van der Waals surface area contributed by atoms with Gasteiger partial charge in [0.15, 0.2) is 17.2 Å². The van der Waals surface area contributed by atoms with Gasteiger partial charge in [0.25, 0.3) is 0 Å². The van der Waals surface area contributed by atoms with Gasteiger partial charge < -0.3 is 9.32 Å². The van der Waals surface area contributed by atoms with Crippen LogP contribution in [0.15, 0.2) is 50.5 Å². The highest BCUT2D eigenvalue weighted by Gasteiger charge is 2.21. The first kappa shape index (κ1) is 20.0. The van der Waals surface area contributed by atoms with Gasteiger partial charge in [-0.25, -0.2) is 13.6 Å². The van der Waals surface area contributed by atoms with Crippen molar-refractivity contribution in [2.45, 2.75) is 24.2 Å². The number of fused-ring (bicyclic) bond motifs is 1. The quantitative estimate of drug-likeness (QED) is 0.663. The van der Waals surface area contributed by atoms with E-state index in [0.29, 0.717) is 46.2 Å². The zero-order valence-electron chi connectivity index (χ0n) is 15.8. The Bertz CT molecular complexity index is 1090. The largest absolute Gasteiger partial charge is 0.417 e. The summed E-state index contributed by atoms with van der Waals surface area (Å²) < 4.78 is 44.8. The normalized spacial score (nSPS) is 17.0. The molecule has 4 rings (SSSR count). The molecule has 1 unspecified atom stereocenters. The number of hydrogen-bond acceptors (Lipinski definition) is 4. The molecule has 8 heteroatoms. The van der Waals surface area contributed by atoms with E-state index in [4.69, 9.17) is 4.42 Å². The molecule has 2 heterocycles. The van der Waals surface area contributed by atoms with Crippen LogP contribution in [0.25, 0.3) is 11.1 Å². The van der Waals surface area contributed by atoms with Gasteiger partial charge >= 0.3 is 5.76 Å². The molecule has 1 N–H and O–H groups in total. The van der Waals surface area contributed by atoms with Gasteiger partial charge in [0.05, 0.1) is 16.3 Å². The average molecular weight is 420 g/mol. The Kier molecular flexibility index (Phi) is 5.91. The Labute approximate surface area is 169 Å². The van der Waals surface area contributed by atoms with Crippen LogP contribution in [-0.4, -0.2) is 39.5 Å². The molecule has 0 spiro atoms. The summed E-state index contributed by atoms with van der Waals surface area (Å²) in [5, 5.41) is 0. The number of likely N-dealkylation sites (tertiary alicyclic amines) is 1. The van der Waals surface area contributed by atoms with Crippen molar-refractivity contribution in [3.05, 3.63) is 64.1 Å². The van der Waals surface area contributed by atoms with Gasteiger partial charge in [-0.2, -0.15) is 0 Å². The Balaban J connectivity index is 1.27. The van der Waals surface area contributed by atoms with Crippen molar-refractivity contribution >= 4 is 21.9 Å². The fraction of sp³-hybridized carbons (Fsp3) is 0.381. The van der Waals surface area contributed by atoms with Crippen molar-refractivity contribution in [3.63, 3.8) is 0 Å². The van der Waals surface area contributed by atoms with Gasteiger partial charge in [-0.1, -0.05) is 12.1 Å². The topological polar surface area (TPSA) is 66.3 Å². The first-order valence-corrected chi connectivity index (χ1v) is 11.0. The Morgan fingerprint density at radius 3 is 2.76 bits per heavy atom.